The van der Waals surface area contributed by atoms with Crippen LogP contribution in [0.1, 0.15) is 27.8 Å². The molecule has 0 aliphatic heterocycles. The second-order valence-corrected chi connectivity index (χ2v) is 10.2. The average molecular weight is 567 g/mol. The molecule has 0 radical (unpaired) electrons. The molecule has 6 rings (SSSR count). The minimum absolute atomic E-state index is 0.0475. The minimum atomic E-state index is -1.18. The lowest BCUT2D eigenvalue weighted by molar-refractivity contribution is -0.129. The molecule has 6 nitrogen and oxygen atoms in total. The highest BCUT2D eigenvalue weighted by atomic mass is 16.7. The van der Waals surface area contributed by atoms with E-state index in [0.717, 1.165) is 38.7 Å². The second kappa shape index (κ2) is 12.5. The zero-order chi connectivity index (χ0) is 29.5. The van der Waals surface area contributed by atoms with Crippen molar-refractivity contribution in [2.75, 3.05) is 0 Å². The number of rotatable bonds is 11. The molecule has 2 N–H and O–H groups in total. The van der Waals surface area contributed by atoms with E-state index in [2.05, 4.69) is 10.1 Å². The molecule has 1 aromatic heterocycles. The molecule has 0 aliphatic carbocycles. The van der Waals surface area contributed by atoms with Crippen LogP contribution in [0.15, 0.2) is 151 Å². The van der Waals surface area contributed by atoms with Crippen LogP contribution in [-0.2, 0) is 28.3 Å². The Bertz CT molecular complexity index is 1740. The Kier molecular flexibility index (Phi) is 8.00. The number of aromatic amines is 1. The van der Waals surface area contributed by atoms with Crippen LogP contribution in [0.5, 0.6) is 5.75 Å². The number of nitrogens with one attached hydrogen (secondary N) is 1. The summed E-state index contributed by atoms with van der Waals surface area (Å²) in [6.45, 7) is 0.433. The van der Waals surface area contributed by atoms with Gasteiger partial charge in [-0.2, -0.15) is 0 Å². The molecule has 0 saturated heterocycles. The molecule has 43 heavy (non-hydrogen) atoms. The molecular formula is C37H30N2O4. The maximum absolute atomic E-state index is 12.6. The van der Waals surface area contributed by atoms with E-state index in [4.69, 9.17) is 9.57 Å². The number of hydrogen-bond acceptors (Lipinski definition) is 4. The van der Waals surface area contributed by atoms with Crippen LogP contribution in [0.3, 0.4) is 0 Å². The first-order valence-electron chi connectivity index (χ1n) is 14.0. The van der Waals surface area contributed by atoms with E-state index >= 15 is 0 Å². The molecule has 0 unspecified atom stereocenters. The fraction of sp³-hybridized carbons (Fsp3) is 0.0811. The summed E-state index contributed by atoms with van der Waals surface area (Å²) in [7, 11) is 0. The Hall–Kier alpha value is -5.62. The van der Waals surface area contributed by atoms with Gasteiger partial charge in [0.05, 0.1) is 0 Å². The van der Waals surface area contributed by atoms with Gasteiger partial charge in [-0.1, -0.05) is 126 Å². The number of H-pyrrole nitrogens is 1. The third-order valence-corrected chi connectivity index (χ3v) is 7.43. The lowest BCUT2D eigenvalue weighted by Crippen LogP contribution is -2.32. The van der Waals surface area contributed by atoms with E-state index in [0.29, 0.717) is 12.4 Å². The van der Waals surface area contributed by atoms with Gasteiger partial charge in [0.1, 0.15) is 12.4 Å². The van der Waals surface area contributed by atoms with Crippen LogP contribution >= 0.6 is 0 Å². The number of oxime groups is 1. The van der Waals surface area contributed by atoms with Gasteiger partial charge in [0, 0.05) is 40.2 Å². The summed E-state index contributed by atoms with van der Waals surface area (Å²) in [4.78, 5) is 22.3. The number of hydrogen-bond donors (Lipinski definition) is 2. The summed E-state index contributed by atoms with van der Waals surface area (Å²) in [5.41, 5.74) is 3.89. The molecule has 5 aromatic carbocycles. The fourth-order valence-corrected chi connectivity index (χ4v) is 5.26. The highest BCUT2D eigenvalue weighted by molar-refractivity contribution is 6.36. The van der Waals surface area contributed by atoms with Crippen molar-refractivity contribution in [3.8, 4) is 5.75 Å². The molecule has 0 spiro atoms. The summed E-state index contributed by atoms with van der Waals surface area (Å²) < 4.78 is 6.03. The van der Waals surface area contributed by atoms with Crippen molar-refractivity contribution in [1.29, 1.82) is 0 Å². The summed E-state index contributed by atoms with van der Waals surface area (Å²) in [6, 6.07) is 44.9. The number of aromatic nitrogens is 1. The standard InChI is InChI=1S/C37H30N2O4/c40-36(41)35(23-28-25-38-34-22-21-32(24-33(28)34)42-26-27-13-5-1-6-14-27)39-43-37(29-15-7-2-8-16-29,30-17-9-3-10-18-30)31-19-11-4-12-20-31/h1-22,24-25,38H,23,26H2,(H,40,41)/b39-35+. The van der Waals surface area contributed by atoms with Gasteiger partial charge in [-0.15, -0.1) is 0 Å². The van der Waals surface area contributed by atoms with Crippen molar-refractivity contribution in [2.45, 2.75) is 18.6 Å². The van der Waals surface area contributed by atoms with Gasteiger partial charge in [0.2, 0.25) is 5.60 Å². The number of carboxylic acids is 1. The van der Waals surface area contributed by atoms with Gasteiger partial charge >= 0.3 is 5.97 Å². The molecule has 1 heterocycles. The Labute approximate surface area is 249 Å². The SMILES string of the molecule is O=C(O)/C(Cc1c[nH]c2ccc(OCc3ccccc3)cc12)=N/OC(c1ccccc1)(c1ccccc1)c1ccccc1. The molecule has 6 aromatic rings. The predicted molar refractivity (Wildman–Crippen MR) is 168 cm³/mol. The minimum Gasteiger partial charge on any atom is -0.489 e. The quantitative estimate of drug-likeness (QED) is 0.0955. The van der Waals surface area contributed by atoms with Crippen molar-refractivity contribution >= 4 is 22.6 Å². The Balaban J connectivity index is 1.36. The summed E-state index contributed by atoms with van der Waals surface area (Å²) in [6.07, 6.45) is 1.86. The second-order valence-electron chi connectivity index (χ2n) is 10.2. The number of fused-ring (bicyclic) bond motifs is 1. The monoisotopic (exact) mass is 566 g/mol. The summed E-state index contributed by atoms with van der Waals surface area (Å²) in [5, 5.41) is 15.5. The zero-order valence-electron chi connectivity index (χ0n) is 23.4. The first-order chi connectivity index (χ1) is 21.1. The first-order valence-corrected chi connectivity index (χ1v) is 14.0. The molecule has 6 heteroatoms. The largest absolute Gasteiger partial charge is 0.489 e. The van der Waals surface area contributed by atoms with Crippen molar-refractivity contribution in [1.82, 2.24) is 4.98 Å². The maximum atomic E-state index is 12.6. The molecule has 0 fully saturated rings. The van der Waals surface area contributed by atoms with Crippen molar-refractivity contribution < 1.29 is 19.5 Å². The Morgan fingerprint density at radius 2 is 1.26 bits per heavy atom. The Morgan fingerprint density at radius 1 is 0.721 bits per heavy atom. The predicted octanol–water partition coefficient (Wildman–Crippen LogP) is 7.74. The first kappa shape index (κ1) is 27.5. The summed E-state index contributed by atoms with van der Waals surface area (Å²) >= 11 is 0. The van der Waals surface area contributed by atoms with Gasteiger partial charge < -0.3 is 19.7 Å². The molecule has 0 bridgehead atoms. The Morgan fingerprint density at radius 3 is 1.79 bits per heavy atom. The molecule has 0 saturated carbocycles. The number of benzene rings is 5. The normalized spacial score (nSPS) is 11.8. The van der Waals surface area contributed by atoms with E-state index in [-0.39, 0.29) is 12.1 Å². The third kappa shape index (κ3) is 5.90. The van der Waals surface area contributed by atoms with E-state index in [1.807, 2.05) is 146 Å². The maximum Gasteiger partial charge on any atom is 0.354 e. The highest BCUT2D eigenvalue weighted by Gasteiger charge is 2.40. The van der Waals surface area contributed by atoms with E-state index in [1.54, 1.807) is 0 Å². The highest BCUT2D eigenvalue weighted by Crippen LogP contribution is 2.40. The third-order valence-electron chi connectivity index (χ3n) is 7.43. The molecule has 0 amide bonds. The van der Waals surface area contributed by atoms with Crippen molar-refractivity contribution in [3.05, 3.63) is 174 Å². The molecular weight excluding hydrogens is 536 g/mol. The topological polar surface area (TPSA) is 83.9 Å². The van der Waals surface area contributed by atoms with E-state index in [1.165, 1.54) is 0 Å². The van der Waals surface area contributed by atoms with Gasteiger partial charge in [-0.3, -0.25) is 0 Å². The van der Waals surface area contributed by atoms with Crippen molar-refractivity contribution in [3.63, 3.8) is 0 Å². The number of ether oxygens (including phenoxy) is 1. The van der Waals surface area contributed by atoms with Crippen LogP contribution in [0.4, 0.5) is 0 Å². The van der Waals surface area contributed by atoms with Crippen molar-refractivity contribution in [2.24, 2.45) is 5.16 Å². The van der Waals surface area contributed by atoms with Crippen LogP contribution < -0.4 is 4.74 Å². The number of aliphatic carboxylic acids is 1. The molecule has 0 aliphatic rings. The van der Waals surface area contributed by atoms with Crippen LogP contribution in [0.25, 0.3) is 10.9 Å². The van der Waals surface area contributed by atoms with Crippen LogP contribution in [-0.4, -0.2) is 21.8 Å². The van der Waals surface area contributed by atoms with Crippen LogP contribution in [0, 0.1) is 0 Å². The van der Waals surface area contributed by atoms with Gasteiger partial charge in [-0.05, 0) is 29.3 Å². The van der Waals surface area contributed by atoms with Gasteiger partial charge in [-0.25, -0.2) is 4.79 Å². The number of carbonyl (C=O) groups is 1. The van der Waals surface area contributed by atoms with E-state index < -0.39 is 11.6 Å². The van der Waals surface area contributed by atoms with E-state index in [9.17, 15) is 9.90 Å². The average Bonchev–Trinajstić information content (AvgIpc) is 3.47. The summed E-state index contributed by atoms with van der Waals surface area (Å²) in [5.74, 6) is -0.465. The fourth-order valence-electron chi connectivity index (χ4n) is 5.26. The lowest BCUT2D eigenvalue weighted by Gasteiger charge is -2.33. The molecule has 212 valence electrons. The number of carboxylic acid groups (broad SMARTS) is 1. The smallest absolute Gasteiger partial charge is 0.354 e. The van der Waals surface area contributed by atoms with Gasteiger partial charge in [0.15, 0.2) is 5.71 Å². The lowest BCUT2D eigenvalue weighted by atomic mass is 9.80. The van der Waals surface area contributed by atoms with Crippen LogP contribution in [0.2, 0.25) is 0 Å². The van der Waals surface area contributed by atoms with Gasteiger partial charge in [0.25, 0.3) is 0 Å². The number of nitrogens with zero attached hydrogens (tertiary/aromatic N) is 1. The molecule has 0 atom stereocenters. The zero-order valence-corrected chi connectivity index (χ0v) is 23.4.